The SMILES string of the molecule is CC1CN(C(=O)N(CC(=O)O)C2CC2)C(C)CO1. The molecule has 2 unspecified atom stereocenters. The molecule has 2 aliphatic rings. The summed E-state index contributed by atoms with van der Waals surface area (Å²) in [6.07, 6.45) is 1.83. The average Bonchev–Trinajstić information content (AvgIpc) is 3.12. The van der Waals surface area contributed by atoms with E-state index in [-0.39, 0.29) is 30.8 Å². The first-order chi connectivity index (χ1) is 8.49. The smallest absolute Gasteiger partial charge is 0.323 e. The Kier molecular flexibility index (Phi) is 3.75. The zero-order valence-corrected chi connectivity index (χ0v) is 10.8. The number of amides is 2. The molecule has 2 atom stereocenters. The first-order valence-electron chi connectivity index (χ1n) is 6.39. The summed E-state index contributed by atoms with van der Waals surface area (Å²) < 4.78 is 5.48. The summed E-state index contributed by atoms with van der Waals surface area (Å²) in [6.45, 7) is 4.68. The fraction of sp³-hybridized carbons (Fsp3) is 0.833. The van der Waals surface area contributed by atoms with Gasteiger partial charge in [0.2, 0.25) is 0 Å². The quantitative estimate of drug-likeness (QED) is 0.809. The summed E-state index contributed by atoms with van der Waals surface area (Å²) in [5.41, 5.74) is 0. The lowest BCUT2D eigenvalue weighted by Crippen LogP contribution is -2.55. The highest BCUT2D eigenvalue weighted by molar-refractivity contribution is 5.81. The molecule has 1 N–H and O–H groups in total. The molecule has 2 amide bonds. The number of rotatable bonds is 3. The minimum Gasteiger partial charge on any atom is -0.480 e. The molecule has 1 aliphatic carbocycles. The first-order valence-corrected chi connectivity index (χ1v) is 6.39. The van der Waals surface area contributed by atoms with Crippen LogP contribution in [0.3, 0.4) is 0 Å². The van der Waals surface area contributed by atoms with Gasteiger partial charge in [-0.1, -0.05) is 0 Å². The molecule has 18 heavy (non-hydrogen) atoms. The van der Waals surface area contributed by atoms with E-state index < -0.39 is 5.97 Å². The van der Waals surface area contributed by atoms with E-state index in [1.165, 1.54) is 4.90 Å². The van der Waals surface area contributed by atoms with Gasteiger partial charge in [0.25, 0.3) is 0 Å². The molecule has 2 fully saturated rings. The minimum absolute atomic E-state index is 0.00347. The van der Waals surface area contributed by atoms with Crippen LogP contribution in [-0.4, -0.2) is 64.8 Å². The van der Waals surface area contributed by atoms with Gasteiger partial charge in [0.05, 0.1) is 18.8 Å². The van der Waals surface area contributed by atoms with E-state index >= 15 is 0 Å². The molecule has 0 aromatic carbocycles. The van der Waals surface area contributed by atoms with E-state index in [2.05, 4.69) is 0 Å². The summed E-state index contributed by atoms with van der Waals surface area (Å²) in [6, 6.07) is -0.0507. The van der Waals surface area contributed by atoms with Crippen molar-refractivity contribution in [3.05, 3.63) is 0 Å². The maximum absolute atomic E-state index is 12.4. The normalized spacial score (nSPS) is 28.0. The molecule has 1 saturated carbocycles. The van der Waals surface area contributed by atoms with Gasteiger partial charge in [-0.3, -0.25) is 4.79 Å². The molecule has 0 aromatic rings. The number of aliphatic carboxylic acids is 1. The lowest BCUT2D eigenvalue weighted by atomic mass is 10.2. The zero-order valence-electron chi connectivity index (χ0n) is 10.8. The third-order valence-electron chi connectivity index (χ3n) is 3.39. The summed E-state index contributed by atoms with van der Waals surface area (Å²) in [5, 5.41) is 8.89. The van der Waals surface area contributed by atoms with Gasteiger partial charge in [0.15, 0.2) is 0 Å². The molecule has 2 rings (SSSR count). The summed E-state index contributed by atoms with van der Waals surface area (Å²) in [7, 11) is 0. The number of carboxylic acids is 1. The largest absolute Gasteiger partial charge is 0.480 e. The monoisotopic (exact) mass is 256 g/mol. The molecule has 6 nitrogen and oxygen atoms in total. The number of hydrogen-bond donors (Lipinski definition) is 1. The predicted molar refractivity (Wildman–Crippen MR) is 64.3 cm³/mol. The van der Waals surface area contributed by atoms with E-state index in [1.54, 1.807) is 4.90 Å². The molecular weight excluding hydrogens is 236 g/mol. The van der Waals surface area contributed by atoms with Crippen LogP contribution in [0, 0.1) is 0 Å². The Morgan fingerprint density at radius 3 is 2.61 bits per heavy atom. The fourth-order valence-electron chi connectivity index (χ4n) is 2.22. The second kappa shape index (κ2) is 5.14. The second-order valence-corrected chi connectivity index (χ2v) is 5.18. The second-order valence-electron chi connectivity index (χ2n) is 5.18. The molecular formula is C12H20N2O4. The van der Waals surface area contributed by atoms with Crippen molar-refractivity contribution < 1.29 is 19.4 Å². The van der Waals surface area contributed by atoms with Crippen molar-refractivity contribution in [3.8, 4) is 0 Å². The molecule has 1 heterocycles. The maximum Gasteiger partial charge on any atom is 0.323 e. The van der Waals surface area contributed by atoms with Crippen molar-refractivity contribution in [2.24, 2.45) is 0 Å². The predicted octanol–water partition coefficient (Wildman–Crippen LogP) is 0.765. The maximum atomic E-state index is 12.4. The highest BCUT2D eigenvalue weighted by Crippen LogP contribution is 2.28. The molecule has 0 aromatic heterocycles. The summed E-state index contributed by atoms with van der Waals surface area (Å²) in [5.74, 6) is -0.954. The van der Waals surface area contributed by atoms with Crippen molar-refractivity contribution in [1.29, 1.82) is 0 Å². The number of urea groups is 1. The first kappa shape index (κ1) is 13.1. The molecule has 0 spiro atoms. The lowest BCUT2D eigenvalue weighted by Gasteiger charge is -2.39. The molecule has 6 heteroatoms. The topological polar surface area (TPSA) is 70.1 Å². The van der Waals surface area contributed by atoms with Gasteiger partial charge in [0.1, 0.15) is 6.54 Å². The van der Waals surface area contributed by atoms with Gasteiger partial charge < -0.3 is 19.6 Å². The van der Waals surface area contributed by atoms with Crippen molar-refractivity contribution >= 4 is 12.0 Å². The van der Waals surface area contributed by atoms with Crippen molar-refractivity contribution in [3.63, 3.8) is 0 Å². The number of nitrogens with zero attached hydrogens (tertiary/aromatic N) is 2. The van der Waals surface area contributed by atoms with Crippen molar-refractivity contribution in [2.75, 3.05) is 19.7 Å². The van der Waals surface area contributed by atoms with E-state index in [0.29, 0.717) is 13.2 Å². The minimum atomic E-state index is -0.954. The number of morpholine rings is 1. The number of hydrogen-bond acceptors (Lipinski definition) is 3. The van der Waals surface area contributed by atoms with Crippen molar-refractivity contribution in [2.45, 2.75) is 44.9 Å². The van der Waals surface area contributed by atoms with Crippen LogP contribution in [0.1, 0.15) is 26.7 Å². The van der Waals surface area contributed by atoms with Gasteiger partial charge >= 0.3 is 12.0 Å². The highest BCUT2D eigenvalue weighted by Gasteiger charge is 2.38. The van der Waals surface area contributed by atoms with Gasteiger partial charge in [-0.15, -0.1) is 0 Å². The van der Waals surface area contributed by atoms with E-state index in [1.807, 2.05) is 13.8 Å². The molecule has 0 radical (unpaired) electrons. The Hall–Kier alpha value is -1.30. The van der Waals surface area contributed by atoms with E-state index in [4.69, 9.17) is 9.84 Å². The third-order valence-corrected chi connectivity index (χ3v) is 3.39. The number of carbonyl (C=O) groups is 2. The Morgan fingerprint density at radius 2 is 2.06 bits per heavy atom. The van der Waals surface area contributed by atoms with Crippen LogP contribution in [0.15, 0.2) is 0 Å². The van der Waals surface area contributed by atoms with Gasteiger partial charge in [-0.05, 0) is 26.7 Å². The van der Waals surface area contributed by atoms with Crippen LogP contribution < -0.4 is 0 Å². The third kappa shape index (κ3) is 2.93. The summed E-state index contributed by atoms with van der Waals surface area (Å²) in [4.78, 5) is 26.5. The highest BCUT2D eigenvalue weighted by atomic mass is 16.5. The molecule has 0 bridgehead atoms. The van der Waals surface area contributed by atoms with E-state index in [0.717, 1.165) is 12.8 Å². The number of carboxylic acid groups (broad SMARTS) is 1. The van der Waals surface area contributed by atoms with Crippen LogP contribution in [-0.2, 0) is 9.53 Å². The van der Waals surface area contributed by atoms with Gasteiger partial charge in [0, 0.05) is 12.6 Å². The van der Waals surface area contributed by atoms with Crippen molar-refractivity contribution in [1.82, 2.24) is 9.80 Å². The van der Waals surface area contributed by atoms with Gasteiger partial charge in [-0.2, -0.15) is 0 Å². The zero-order chi connectivity index (χ0) is 13.3. The Morgan fingerprint density at radius 1 is 1.39 bits per heavy atom. The standard InChI is InChI=1S/C12H20N2O4/c1-8-7-18-9(2)5-13(8)12(17)14(6-11(15)16)10-3-4-10/h8-10H,3-7H2,1-2H3,(H,15,16). The van der Waals surface area contributed by atoms with Gasteiger partial charge in [-0.25, -0.2) is 4.79 Å². The molecule has 102 valence electrons. The average molecular weight is 256 g/mol. The van der Waals surface area contributed by atoms with Crippen LogP contribution in [0.2, 0.25) is 0 Å². The Labute approximate surface area is 106 Å². The van der Waals surface area contributed by atoms with Crippen LogP contribution >= 0.6 is 0 Å². The molecule has 1 aliphatic heterocycles. The number of carbonyl (C=O) groups excluding carboxylic acids is 1. The van der Waals surface area contributed by atoms with Crippen LogP contribution in [0.25, 0.3) is 0 Å². The summed E-state index contributed by atoms with van der Waals surface area (Å²) >= 11 is 0. The lowest BCUT2D eigenvalue weighted by molar-refractivity contribution is -0.138. The number of ether oxygens (including phenoxy) is 1. The Bertz CT molecular complexity index is 343. The Balaban J connectivity index is 2.04. The van der Waals surface area contributed by atoms with Crippen LogP contribution in [0.4, 0.5) is 4.79 Å². The van der Waals surface area contributed by atoms with Crippen LogP contribution in [0.5, 0.6) is 0 Å². The molecule has 1 saturated heterocycles. The fourth-order valence-corrected chi connectivity index (χ4v) is 2.22. The van der Waals surface area contributed by atoms with E-state index in [9.17, 15) is 9.59 Å².